The van der Waals surface area contributed by atoms with Gasteiger partial charge in [-0.1, -0.05) is 353 Å². The Balaban J connectivity index is 3.29. The number of carbonyl (C=O) groups is 2. The standard InChI is InChI=1S/C71H139NO5/c1-3-5-7-9-11-13-15-17-37-41-45-49-53-57-61-65-71(76)77-66-62-58-54-50-46-42-39-36-34-32-30-28-26-24-22-20-18-19-21-23-25-27-29-31-33-35-38-40-44-48-52-56-60-64-70(75)72-68(67-73)69(74)63-59-55-51-47-43-16-14-12-10-8-6-4-2/h17,37,68-69,73-74H,3-16,18-36,38-67H2,1-2H3,(H,72,75)/b37-17-. The van der Waals surface area contributed by atoms with Gasteiger partial charge in [-0.15, -0.1) is 0 Å². The number of hydrogen-bond acceptors (Lipinski definition) is 5. The zero-order chi connectivity index (χ0) is 55.7. The molecular weight excluding hydrogens is 947 g/mol. The van der Waals surface area contributed by atoms with Gasteiger partial charge in [0.25, 0.3) is 0 Å². The first-order valence-corrected chi connectivity index (χ1v) is 35.4. The van der Waals surface area contributed by atoms with Crippen LogP contribution in [0.25, 0.3) is 0 Å². The summed E-state index contributed by atoms with van der Waals surface area (Å²) in [4.78, 5) is 24.5. The SMILES string of the molecule is CCCCCCCC/C=C\CCCCCCCC(=O)OCCCCCCCCCCCCCCCCCCCCCCCCCCCCCCCCCCCC(=O)NC(CO)C(O)CCCCCCCCCCCCCC. The van der Waals surface area contributed by atoms with E-state index in [1.807, 2.05) is 0 Å². The van der Waals surface area contributed by atoms with Gasteiger partial charge in [0.05, 0.1) is 25.4 Å². The predicted octanol–water partition coefficient (Wildman–Crippen LogP) is 22.8. The highest BCUT2D eigenvalue weighted by molar-refractivity contribution is 5.76. The number of hydrogen-bond donors (Lipinski definition) is 3. The number of amides is 1. The van der Waals surface area contributed by atoms with Crippen molar-refractivity contribution in [3.8, 4) is 0 Å². The molecule has 2 atom stereocenters. The van der Waals surface area contributed by atoms with Crippen LogP contribution in [0.3, 0.4) is 0 Å². The summed E-state index contributed by atoms with van der Waals surface area (Å²) in [6, 6.07) is -0.536. The van der Waals surface area contributed by atoms with E-state index in [1.54, 1.807) is 0 Å². The second-order valence-corrected chi connectivity index (χ2v) is 24.6. The van der Waals surface area contributed by atoms with Crippen LogP contribution in [-0.2, 0) is 14.3 Å². The van der Waals surface area contributed by atoms with Gasteiger partial charge in [0.1, 0.15) is 0 Å². The van der Waals surface area contributed by atoms with E-state index in [0.717, 1.165) is 44.9 Å². The third-order valence-corrected chi connectivity index (χ3v) is 16.8. The van der Waals surface area contributed by atoms with Crippen LogP contribution in [0, 0.1) is 0 Å². The Morgan fingerprint density at radius 3 is 0.922 bits per heavy atom. The van der Waals surface area contributed by atoms with E-state index < -0.39 is 12.1 Å². The summed E-state index contributed by atoms with van der Waals surface area (Å²) in [5, 5.41) is 23.3. The molecule has 0 aromatic rings. The molecule has 0 bridgehead atoms. The van der Waals surface area contributed by atoms with E-state index in [9.17, 15) is 19.8 Å². The van der Waals surface area contributed by atoms with Gasteiger partial charge in [-0.3, -0.25) is 9.59 Å². The molecule has 0 rings (SSSR count). The van der Waals surface area contributed by atoms with Gasteiger partial charge in [-0.05, 0) is 51.4 Å². The summed E-state index contributed by atoms with van der Waals surface area (Å²) in [5.41, 5.74) is 0. The normalized spacial score (nSPS) is 12.5. The molecule has 0 saturated carbocycles. The fraction of sp³-hybridized carbons (Fsp3) is 0.944. The fourth-order valence-electron chi connectivity index (χ4n) is 11.4. The first-order chi connectivity index (χ1) is 38.0. The lowest BCUT2D eigenvalue weighted by Crippen LogP contribution is -2.45. The Labute approximate surface area is 482 Å². The largest absolute Gasteiger partial charge is 0.466 e. The number of unbranched alkanes of at least 4 members (excludes halogenated alkanes) is 54. The summed E-state index contributed by atoms with van der Waals surface area (Å²) in [6.07, 6.45) is 82.8. The topological polar surface area (TPSA) is 95.9 Å². The molecule has 458 valence electrons. The van der Waals surface area contributed by atoms with Gasteiger partial charge in [-0.2, -0.15) is 0 Å². The van der Waals surface area contributed by atoms with E-state index in [0.29, 0.717) is 25.9 Å². The van der Waals surface area contributed by atoms with Crippen molar-refractivity contribution in [1.29, 1.82) is 0 Å². The molecule has 0 radical (unpaired) electrons. The lowest BCUT2D eigenvalue weighted by Gasteiger charge is -2.22. The van der Waals surface area contributed by atoms with Crippen LogP contribution in [0.2, 0.25) is 0 Å². The molecule has 0 fully saturated rings. The summed E-state index contributed by atoms with van der Waals surface area (Å²) in [6.45, 7) is 4.97. The zero-order valence-corrected chi connectivity index (χ0v) is 52.5. The summed E-state index contributed by atoms with van der Waals surface area (Å²) < 4.78 is 5.49. The Hall–Kier alpha value is -1.40. The molecule has 1 amide bonds. The maximum Gasteiger partial charge on any atom is 0.305 e. The molecule has 0 spiro atoms. The highest BCUT2D eigenvalue weighted by atomic mass is 16.5. The minimum atomic E-state index is -0.659. The number of ether oxygens (including phenoxy) is 1. The van der Waals surface area contributed by atoms with Crippen molar-refractivity contribution in [2.75, 3.05) is 13.2 Å². The molecule has 77 heavy (non-hydrogen) atoms. The van der Waals surface area contributed by atoms with Crippen molar-refractivity contribution in [3.63, 3.8) is 0 Å². The van der Waals surface area contributed by atoms with Crippen molar-refractivity contribution in [2.24, 2.45) is 0 Å². The van der Waals surface area contributed by atoms with Gasteiger partial charge in [0.2, 0.25) is 5.91 Å². The van der Waals surface area contributed by atoms with Crippen LogP contribution in [0.15, 0.2) is 12.2 Å². The van der Waals surface area contributed by atoms with Crippen molar-refractivity contribution >= 4 is 11.9 Å². The minimum Gasteiger partial charge on any atom is -0.466 e. The van der Waals surface area contributed by atoms with Gasteiger partial charge in [0, 0.05) is 12.8 Å². The van der Waals surface area contributed by atoms with Crippen LogP contribution < -0.4 is 5.32 Å². The average Bonchev–Trinajstić information content (AvgIpc) is 3.43. The maximum atomic E-state index is 12.5. The molecule has 0 heterocycles. The lowest BCUT2D eigenvalue weighted by molar-refractivity contribution is -0.143. The molecule has 2 unspecified atom stereocenters. The van der Waals surface area contributed by atoms with Crippen LogP contribution in [-0.4, -0.2) is 47.4 Å². The van der Waals surface area contributed by atoms with Crippen LogP contribution in [0.5, 0.6) is 0 Å². The Morgan fingerprint density at radius 2 is 0.610 bits per heavy atom. The second-order valence-electron chi connectivity index (χ2n) is 24.6. The molecule has 0 aliphatic heterocycles. The third-order valence-electron chi connectivity index (χ3n) is 16.8. The van der Waals surface area contributed by atoms with Gasteiger partial charge >= 0.3 is 5.97 Å². The monoisotopic (exact) mass is 1090 g/mol. The van der Waals surface area contributed by atoms with E-state index in [1.165, 1.54) is 327 Å². The molecule has 0 aliphatic carbocycles. The highest BCUT2D eigenvalue weighted by Gasteiger charge is 2.20. The Morgan fingerprint density at radius 1 is 0.351 bits per heavy atom. The van der Waals surface area contributed by atoms with Crippen molar-refractivity contribution < 1.29 is 24.5 Å². The minimum absolute atomic E-state index is 0.0145. The number of esters is 1. The van der Waals surface area contributed by atoms with Crippen molar-refractivity contribution in [3.05, 3.63) is 12.2 Å². The maximum absolute atomic E-state index is 12.5. The molecule has 0 saturated heterocycles. The van der Waals surface area contributed by atoms with Crippen molar-refractivity contribution in [1.82, 2.24) is 5.32 Å². The van der Waals surface area contributed by atoms with Crippen molar-refractivity contribution in [2.45, 2.75) is 418 Å². The number of aliphatic hydroxyl groups excluding tert-OH is 2. The molecule has 0 aromatic heterocycles. The number of allylic oxidation sites excluding steroid dienone is 2. The van der Waals surface area contributed by atoms with E-state index in [2.05, 4.69) is 31.3 Å². The summed E-state index contributed by atoms with van der Waals surface area (Å²) in [7, 11) is 0. The molecule has 0 aromatic carbocycles. The second kappa shape index (κ2) is 67.1. The predicted molar refractivity (Wildman–Crippen MR) is 338 cm³/mol. The molecule has 6 nitrogen and oxygen atoms in total. The van der Waals surface area contributed by atoms with E-state index in [-0.39, 0.29) is 18.5 Å². The molecule has 0 aliphatic rings. The first-order valence-electron chi connectivity index (χ1n) is 35.4. The van der Waals surface area contributed by atoms with E-state index in [4.69, 9.17) is 4.74 Å². The van der Waals surface area contributed by atoms with Crippen LogP contribution in [0.1, 0.15) is 406 Å². The first kappa shape index (κ1) is 75.6. The molecular formula is C71H139NO5. The average molecular weight is 1090 g/mol. The van der Waals surface area contributed by atoms with Crippen LogP contribution >= 0.6 is 0 Å². The number of aliphatic hydroxyl groups is 2. The van der Waals surface area contributed by atoms with Crippen LogP contribution in [0.4, 0.5) is 0 Å². The molecule has 3 N–H and O–H groups in total. The smallest absolute Gasteiger partial charge is 0.305 e. The zero-order valence-electron chi connectivity index (χ0n) is 52.5. The van der Waals surface area contributed by atoms with Gasteiger partial charge in [0.15, 0.2) is 0 Å². The summed E-state index contributed by atoms with van der Waals surface area (Å²) in [5.74, 6) is -0.0137. The van der Waals surface area contributed by atoms with Gasteiger partial charge < -0.3 is 20.3 Å². The third kappa shape index (κ3) is 63.6. The Bertz CT molecular complexity index is 1160. The van der Waals surface area contributed by atoms with E-state index >= 15 is 0 Å². The molecule has 6 heteroatoms. The highest BCUT2D eigenvalue weighted by Crippen LogP contribution is 2.19. The number of nitrogens with one attached hydrogen (secondary N) is 1. The summed E-state index contributed by atoms with van der Waals surface area (Å²) >= 11 is 0. The number of carbonyl (C=O) groups excluding carboxylic acids is 2. The quantitative estimate of drug-likeness (QED) is 0.0320. The lowest BCUT2D eigenvalue weighted by atomic mass is 10.0. The number of rotatable bonds is 67. The fourth-order valence-corrected chi connectivity index (χ4v) is 11.4. The Kier molecular flexibility index (Phi) is 65.9. The van der Waals surface area contributed by atoms with Gasteiger partial charge in [-0.25, -0.2) is 0 Å².